The Labute approximate surface area is 112 Å². The van der Waals surface area contributed by atoms with E-state index in [0.717, 1.165) is 24.5 Å². The molecule has 0 fully saturated rings. The summed E-state index contributed by atoms with van der Waals surface area (Å²) in [4.78, 5) is 10.9. The summed E-state index contributed by atoms with van der Waals surface area (Å²) in [7, 11) is 1.91. The van der Waals surface area contributed by atoms with E-state index in [-0.39, 0.29) is 5.91 Å². The van der Waals surface area contributed by atoms with Crippen molar-refractivity contribution >= 4 is 11.6 Å². The molecule has 0 saturated carbocycles. The molecule has 1 amide bonds. The van der Waals surface area contributed by atoms with E-state index in [1.54, 1.807) is 4.68 Å². The van der Waals surface area contributed by atoms with Gasteiger partial charge in [-0.1, -0.05) is 12.1 Å². The maximum absolute atomic E-state index is 10.9. The van der Waals surface area contributed by atoms with Crippen molar-refractivity contribution in [2.75, 3.05) is 5.32 Å². The molecule has 0 bridgehead atoms. The number of hydrogen-bond acceptors (Lipinski definition) is 3. The van der Waals surface area contributed by atoms with E-state index in [2.05, 4.69) is 15.7 Å². The maximum atomic E-state index is 10.9. The van der Waals surface area contributed by atoms with Crippen LogP contribution in [0.1, 0.15) is 18.2 Å². The molecule has 0 atom stereocenters. The first-order valence-corrected chi connectivity index (χ1v) is 6.19. The second-order valence-electron chi connectivity index (χ2n) is 4.46. The number of nitrogens with zero attached hydrogens (tertiary/aromatic N) is 2. The predicted molar refractivity (Wildman–Crippen MR) is 74.5 cm³/mol. The van der Waals surface area contributed by atoms with E-state index in [1.807, 2.05) is 43.6 Å². The number of carbonyl (C=O) groups excluding carboxylic acids is 1. The molecule has 0 aliphatic heterocycles. The summed E-state index contributed by atoms with van der Waals surface area (Å²) < 4.78 is 1.79. The van der Waals surface area contributed by atoms with Gasteiger partial charge in [-0.2, -0.15) is 5.10 Å². The van der Waals surface area contributed by atoms with E-state index in [1.165, 1.54) is 12.5 Å². The van der Waals surface area contributed by atoms with Crippen molar-refractivity contribution in [2.45, 2.75) is 20.0 Å². The zero-order valence-corrected chi connectivity index (χ0v) is 11.2. The molecule has 19 heavy (non-hydrogen) atoms. The first kappa shape index (κ1) is 13.3. The van der Waals surface area contributed by atoms with Crippen molar-refractivity contribution in [1.29, 1.82) is 0 Å². The van der Waals surface area contributed by atoms with Gasteiger partial charge in [-0.25, -0.2) is 0 Å². The Hall–Kier alpha value is -2.14. The minimum Gasteiger partial charge on any atom is -0.326 e. The Morgan fingerprint density at radius 2 is 1.95 bits per heavy atom. The monoisotopic (exact) mass is 258 g/mol. The van der Waals surface area contributed by atoms with Gasteiger partial charge >= 0.3 is 0 Å². The highest BCUT2D eigenvalue weighted by molar-refractivity contribution is 5.88. The van der Waals surface area contributed by atoms with Crippen molar-refractivity contribution < 1.29 is 4.79 Å². The van der Waals surface area contributed by atoms with Crippen LogP contribution in [0.2, 0.25) is 0 Å². The zero-order valence-electron chi connectivity index (χ0n) is 11.2. The molecule has 0 unspecified atom stereocenters. The second kappa shape index (κ2) is 6.15. The molecular formula is C14H18N4O. The van der Waals surface area contributed by atoms with Crippen LogP contribution in [0.15, 0.2) is 36.5 Å². The maximum Gasteiger partial charge on any atom is 0.221 e. The Kier molecular flexibility index (Phi) is 4.30. The molecule has 0 saturated heterocycles. The summed E-state index contributed by atoms with van der Waals surface area (Å²) in [6, 6.07) is 9.79. The van der Waals surface area contributed by atoms with Crippen molar-refractivity contribution in [2.24, 2.45) is 7.05 Å². The topological polar surface area (TPSA) is 59.0 Å². The first-order valence-electron chi connectivity index (χ1n) is 6.19. The lowest BCUT2D eigenvalue weighted by atomic mass is 10.2. The van der Waals surface area contributed by atoms with Crippen LogP contribution in [-0.2, 0) is 24.9 Å². The lowest BCUT2D eigenvalue weighted by Gasteiger charge is -2.05. The third-order valence-electron chi connectivity index (χ3n) is 2.68. The summed E-state index contributed by atoms with van der Waals surface area (Å²) in [5.74, 6) is -0.0546. The van der Waals surface area contributed by atoms with Gasteiger partial charge in [0.15, 0.2) is 0 Å². The quantitative estimate of drug-likeness (QED) is 0.857. The Morgan fingerprint density at radius 3 is 2.53 bits per heavy atom. The highest BCUT2D eigenvalue weighted by Gasteiger charge is 1.98. The number of benzene rings is 1. The van der Waals surface area contributed by atoms with Gasteiger partial charge in [0.1, 0.15) is 0 Å². The molecule has 0 aliphatic carbocycles. The largest absolute Gasteiger partial charge is 0.326 e. The van der Waals surface area contributed by atoms with Gasteiger partial charge < -0.3 is 10.6 Å². The molecule has 100 valence electrons. The van der Waals surface area contributed by atoms with Crippen LogP contribution in [0, 0.1) is 0 Å². The first-order chi connectivity index (χ1) is 9.13. The van der Waals surface area contributed by atoms with E-state index in [9.17, 15) is 4.79 Å². The number of amides is 1. The van der Waals surface area contributed by atoms with Crippen LogP contribution in [0.3, 0.4) is 0 Å². The molecule has 2 aromatic rings. The van der Waals surface area contributed by atoms with Crippen molar-refractivity contribution in [3.8, 4) is 0 Å². The number of carbonyl (C=O) groups is 1. The summed E-state index contributed by atoms with van der Waals surface area (Å²) in [5.41, 5.74) is 3.02. The van der Waals surface area contributed by atoms with Crippen LogP contribution < -0.4 is 10.6 Å². The summed E-state index contributed by atoms with van der Waals surface area (Å²) in [6.45, 7) is 3.02. The molecule has 0 radical (unpaired) electrons. The number of aromatic nitrogens is 2. The third-order valence-corrected chi connectivity index (χ3v) is 2.68. The zero-order chi connectivity index (χ0) is 13.7. The molecule has 2 rings (SSSR count). The highest BCUT2D eigenvalue weighted by atomic mass is 16.1. The minimum atomic E-state index is -0.0546. The molecule has 1 aromatic carbocycles. The van der Waals surface area contributed by atoms with Gasteiger partial charge in [0.2, 0.25) is 5.91 Å². The number of aryl methyl sites for hydroxylation is 1. The lowest BCUT2D eigenvalue weighted by molar-refractivity contribution is -0.114. The van der Waals surface area contributed by atoms with Crippen LogP contribution in [0.4, 0.5) is 5.69 Å². The third kappa shape index (κ3) is 4.22. The molecule has 1 aromatic heterocycles. The van der Waals surface area contributed by atoms with Gasteiger partial charge in [0.25, 0.3) is 0 Å². The van der Waals surface area contributed by atoms with Gasteiger partial charge in [-0.3, -0.25) is 9.48 Å². The highest BCUT2D eigenvalue weighted by Crippen LogP contribution is 2.09. The van der Waals surface area contributed by atoms with Crippen molar-refractivity contribution in [3.05, 3.63) is 47.8 Å². The van der Waals surface area contributed by atoms with Gasteiger partial charge in [0, 0.05) is 38.9 Å². The molecule has 1 heterocycles. The van der Waals surface area contributed by atoms with Crippen molar-refractivity contribution in [3.63, 3.8) is 0 Å². The van der Waals surface area contributed by atoms with Crippen molar-refractivity contribution in [1.82, 2.24) is 15.1 Å². The van der Waals surface area contributed by atoms with E-state index in [0.29, 0.717) is 0 Å². The summed E-state index contributed by atoms with van der Waals surface area (Å²) in [5, 5.41) is 10.4. The fraction of sp³-hybridized carbons (Fsp3) is 0.286. The van der Waals surface area contributed by atoms with Crippen LogP contribution in [-0.4, -0.2) is 15.7 Å². The van der Waals surface area contributed by atoms with Gasteiger partial charge in [-0.15, -0.1) is 0 Å². The molecule has 5 heteroatoms. The number of nitrogens with one attached hydrogen (secondary N) is 2. The molecular weight excluding hydrogens is 240 g/mol. The minimum absolute atomic E-state index is 0.0546. The van der Waals surface area contributed by atoms with E-state index >= 15 is 0 Å². The molecule has 5 nitrogen and oxygen atoms in total. The normalized spacial score (nSPS) is 10.4. The number of rotatable bonds is 5. The van der Waals surface area contributed by atoms with Crippen LogP contribution in [0.25, 0.3) is 0 Å². The summed E-state index contributed by atoms with van der Waals surface area (Å²) >= 11 is 0. The molecule has 0 aliphatic rings. The SMILES string of the molecule is CC(=O)Nc1ccc(CNCc2ccn(C)n2)cc1. The fourth-order valence-corrected chi connectivity index (χ4v) is 1.80. The predicted octanol–water partition coefficient (Wildman–Crippen LogP) is 1.67. The smallest absolute Gasteiger partial charge is 0.221 e. The van der Waals surface area contributed by atoms with Gasteiger partial charge in [0.05, 0.1) is 5.69 Å². The Bertz CT molecular complexity index is 545. The Morgan fingerprint density at radius 1 is 1.21 bits per heavy atom. The standard InChI is InChI=1S/C14H18N4O/c1-11(19)16-13-5-3-12(4-6-13)9-15-10-14-7-8-18(2)17-14/h3-8,15H,9-10H2,1-2H3,(H,16,19). The second-order valence-corrected chi connectivity index (χ2v) is 4.46. The van der Waals surface area contributed by atoms with Gasteiger partial charge in [-0.05, 0) is 23.8 Å². The number of hydrogen-bond donors (Lipinski definition) is 2. The lowest BCUT2D eigenvalue weighted by Crippen LogP contribution is -2.13. The Balaban J connectivity index is 1.81. The molecule has 0 spiro atoms. The van der Waals surface area contributed by atoms with E-state index < -0.39 is 0 Å². The van der Waals surface area contributed by atoms with Crippen LogP contribution in [0.5, 0.6) is 0 Å². The average Bonchev–Trinajstić information content (AvgIpc) is 2.77. The van der Waals surface area contributed by atoms with Crippen LogP contribution >= 0.6 is 0 Å². The average molecular weight is 258 g/mol. The fourth-order valence-electron chi connectivity index (χ4n) is 1.80. The summed E-state index contributed by atoms with van der Waals surface area (Å²) in [6.07, 6.45) is 1.93. The number of anilines is 1. The molecule has 2 N–H and O–H groups in total. The van der Waals surface area contributed by atoms with E-state index in [4.69, 9.17) is 0 Å².